The Hall–Kier alpha value is -1.75. The standard InChI is InChI=1S/C15H17ClN2O7/c16-6-1-2-8-7(3-6)14(23)17-4-10(19)18(8)5-9-11(20)12(21)13(22)15(24)25-9/h1-3,9,11-13,15,20-22,24H,4-5H2,(H,17,23)/t9-,11-,12+,13-,15?/m1/s1. The minimum Gasteiger partial charge on any atom is -0.388 e. The van der Waals surface area contributed by atoms with E-state index in [-0.39, 0.29) is 24.3 Å². The van der Waals surface area contributed by atoms with Gasteiger partial charge in [0.05, 0.1) is 24.3 Å². The van der Waals surface area contributed by atoms with Crippen LogP contribution >= 0.6 is 11.6 Å². The SMILES string of the molecule is O=C1NCC(=O)N(C[C@H]2OC(O)[C@H](O)[C@@H](O)[C@@H]2O)c2ccc(Cl)cc21. The third kappa shape index (κ3) is 3.34. The highest BCUT2D eigenvalue weighted by Crippen LogP contribution is 2.28. The van der Waals surface area contributed by atoms with Gasteiger partial charge < -0.3 is 35.4 Å². The monoisotopic (exact) mass is 372 g/mol. The van der Waals surface area contributed by atoms with Crippen molar-refractivity contribution in [3.8, 4) is 0 Å². The van der Waals surface area contributed by atoms with Crippen LogP contribution in [0, 0.1) is 0 Å². The molecule has 1 unspecified atom stereocenters. The molecule has 2 aliphatic heterocycles. The van der Waals surface area contributed by atoms with Crippen molar-refractivity contribution >= 4 is 29.1 Å². The fourth-order valence-corrected chi connectivity index (χ4v) is 3.04. The number of rotatable bonds is 2. The predicted molar refractivity (Wildman–Crippen MR) is 85.0 cm³/mol. The van der Waals surface area contributed by atoms with Gasteiger partial charge in [-0.05, 0) is 18.2 Å². The van der Waals surface area contributed by atoms with Gasteiger partial charge in [0.2, 0.25) is 5.91 Å². The maximum atomic E-state index is 12.4. The third-order valence-electron chi connectivity index (χ3n) is 4.24. The zero-order valence-electron chi connectivity index (χ0n) is 12.9. The number of hydrogen-bond acceptors (Lipinski definition) is 7. The molecule has 0 aromatic heterocycles. The lowest BCUT2D eigenvalue weighted by atomic mass is 9.98. The molecule has 2 heterocycles. The first-order valence-corrected chi connectivity index (χ1v) is 7.93. The molecular weight excluding hydrogens is 356 g/mol. The molecule has 1 aromatic rings. The number of benzene rings is 1. The molecule has 1 saturated heterocycles. The Kier molecular flexibility index (Phi) is 4.96. The van der Waals surface area contributed by atoms with Gasteiger partial charge in [-0.1, -0.05) is 11.6 Å². The van der Waals surface area contributed by atoms with Crippen molar-refractivity contribution in [2.45, 2.75) is 30.7 Å². The fraction of sp³-hybridized carbons (Fsp3) is 0.467. The zero-order chi connectivity index (χ0) is 18.3. The van der Waals surface area contributed by atoms with Crippen LogP contribution in [-0.2, 0) is 9.53 Å². The topological polar surface area (TPSA) is 140 Å². The Morgan fingerprint density at radius 2 is 1.88 bits per heavy atom. The highest BCUT2D eigenvalue weighted by atomic mass is 35.5. The molecule has 3 rings (SSSR count). The van der Waals surface area contributed by atoms with Gasteiger partial charge in [0.25, 0.3) is 5.91 Å². The number of ether oxygens (including phenoxy) is 1. The first-order chi connectivity index (χ1) is 11.8. The summed E-state index contributed by atoms with van der Waals surface area (Å²) in [6.07, 6.45) is -7.72. The molecule has 10 heteroatoms. The fourth-order valence-electron chi connectivity index (χ4n) is 2.87. The Labute approximate surface area is 147 Å². The van der Waals surface area contributed by atoms with E-state index in [1.54, 1.807) is 0 Å². The Morgan fingerprint density at radius 1 is 1.16 bits per heavy atom. The molecule has 2 aliphatic rings. The lowest BCUT2D eigenvalue weighted by Gasteiger charge is -2.40. The van der Waals surface area contributed by atoms with Crippen LogP contribution in [0.4, 0.5) is 5.69 Å². The molecule has 0 bridgehead atoms. The maximum absolute atomic E-state index is 12.4. The van der Waals surface area contributed by atoms with E-state index in [1.807, 2.05) is 0 Å². The summed E-state index contributed by atoms with van der Waals surface area (Å²) in [5, 5.41) is 41.8. The molecule has 0 spiro atoms. The predicted octanol–water partition coefficient (Wildman–Crippen LogP) is -1.78. The van der Waals surface area contributed by atoms with E-state index >= 15 is 0 Å². The largest absolute Gasteiger partial charge is 0.388 e. The second-order valence-corrected chi connectivity index (χ2v) is 6.32. The molecule has 25 heavy (non-hydrogen) atoms. The number of amides is 2. The van der Waals surface area contributed by atoms with Gasteiger partial charge in [0.15, 0.2) is 6.29 Å². The minimum absolute atomic E-state index is 0.171. The Balaban J connectivity index is 1.92. The van der Waals surface area contributed by atoms with Gasteiger partial charge in [-0.15, -0.1) is 0 Å². The molecule has 2 amide bonds. The van der Waals surface area contributed by atoms with Crippen molar-refractivity contribution in [2.24, 2.45) is 0 Å². The number of aliphatic hydroxyl groups is 4. The molecule has 9 nitrogen and oxygen atoms in total. The van der Waals surface area contributed by atoms with Crippen LogP contribution in [-0.4, -0.2) is 76.0 Å². The zero-order valence-corrected chi connectivity index (χ0v) is 13.6. The number of nitrogens with zero attached hydrogens (tertiary/aromatic N) is 1. The number of carbonyl (C=O) groups excluding carboxylic acids is 2. The summed E-state index contributed by atoms with van der Waals surface area (Å²) in [7, 11) is 0. The number of fused-ring (bicyclic) bond motifs is 1. The highest BCUT2D eigenvalue weighted by Gasteiger charge is 2.44. The number of aliphatic hydroxyl groups excluding tert-OH is 4. The molecule has 0 radical (unpaired) electrons. The van der Waals surface area contributed by atoms with Crippen molar-refractivity contribution < 1.29 is 34.8 Å². The van der Waals surface area contributed by atoms with Crippen LogP contribution < -0.4 is 10.2 Å². The van der Waals surface area contributed by atoms with E-state index in [4.69, 9.17) is 16.3 Å². The lowest BCUT2D eigenvalue weighted by molar-refractivity contribution is -0.279. The number of halogens is 1. The summed E-state index contributed by atoms with van der Waals surface area (Å²) >= 11 is 5.91. The first-order valence-electron chi connectivity index (χ1n) is 7.55. The van der Waals surface area contributed by atoms with Gasteiger partial charge in [-0.3, -0.25) is 9.59 Å². The van der Waals surface area contributed by atoms with Crippen LogP contribution in [0.15, 0.2) is 18.2 Å². The summed E-state index contributed by atoms with van der Waals surface area (Å²) in [6, 6.07) is 4.39. The molecule has 5 atom stereocenters. The number of nitrogens with one attached hydrogen (secondary N) is 1. The van der Waals surface area contributed by atoms with E-state index in [1.165, 1.54) is 23.1 Å². The first kappa shape index (κ1) is 18.1. The summed E-state index contributed by atoms with van der Waals surface area (Å²) in [4.78, 5) is 25.7. The second kappa shape index (κ2) is 6.87. The number of carbonyl (C=O) groups is 2. The average Bonchev–Trinajstić information content (AvgIpc) is 2.69. The molecule has 136 valence electrons. The maximum Gasteiger partial charge on any atom is 0.253 e. The quantitative estimate of drug-likeness (QED) is 0.413. The van der Waals surface area contributed by atoms with E-state index in [0.717, 1.165) is 0 Å². The van der Waals surface area contributed by atoms with E-state index in [0.29, 0.717) is 5.02 Å². The molecular formula is C15H17ClN2O7. The van der Waals surface area contributed by atoms with Gasteiger partial charge in [-0.25, -0.2) is 0 Å². The summed E-state index contributed by atoms with van der Waals surface area (Å²) in [5.74, 6) is -0.950. The summed E-state index contributed by atoms with van der Waals surface area (Å²) in [6.45, 7) is -0.522. The van der Waals surface area contributed by atoms with Crippen LogP contribution in [0.1, 0.15) is 10.4 Å². The van der Waals surface area contributed by atoms with Crippen LogP contribution in [0.3, 0.4) is 0 Å². The lowest BCUT2D eigenvalue weighted by Crippen LogP contribution is -2.60. The van der Waals surface area contributed by atoms with E-state index in [2.05, 4.69) is 5.32 Å². The third-order valence-corrected chi connectivity index (χ3v) is 4.48. The molecule has 1 aromatic carbocycles. The summed E-state index contributed by atoms with van der Waals surface area (Å²) in [5.41, 5.74) is 0.431. The van der Waals surface area contributed by atoms with E-state index < -0.39 is 42.5 Å². The minimum atomic E-state index is -1.71. The van der Waals surface area contributed by atoms with Gasteiger partial charge in [-0.2, -0.15) is 0 Å². The molecule has 0 saturated carbocycles. The van der Waals surface area contributed by atoms with Gasteiger partial charge in [0.1, 0.15) is 24.4 Å². The average molecular weight is 373 g/mol. The molecule has 1 fully saturated rings. The van der Waals surface area contributed by atoms with Crippen LogP contribution in [0.5, 0.6) is 0 Å². The van der Waals surface area contributed by atoms with E-state index in [9.17, 15) is 30.0 Å². The van der Waals surface area contributed by atoms with Crippen molar-refractivity contribution in [2.75, 3.05) is 18.0 Å². The Morgan fingerprint density at radius 3 is 2.60 bits per heavy atom. The Bertz CT molecular complexity index is 700. The van der Waals surface area contributed by atoms with Gasteiger partial charge in [0, 0.05) is 5.02 Å². The van der Waals surface area contributed by atoms with Crippen molar-refractivity contribution in [1.82, 2.24) is 5.32 Å². The smallest absolute Gasteiger partial charge is 0.253 e. The van der Waals surface area contributed by atoms with Crippen molar-refractivity contribution in [1.29, 1.82) is 0 Å². The highest BCUT2D eigenvalue weighted by molar-refractivity contribution is 6.31. The van der Waals surface area contributed by atoms with Crippen LogP contribution in [0.2, 0.25) is 5.02 Å². The van der Waals surface area contributed by atoms with Crippen molar-refractivity contribution in [3.63, 3.8) is 0 Å². The number of anilines is 1. The molecule has 0 aliphatic carbocycles. The van der Waals surface area contributed by atoms with Gasteiger partial charge >= 0.3 is 0 Å². The molecule has 5 N–H and O–H groups in total. The summed E-state index contributed by atoms with van der Waals surface area (Å²) < 4.78 is 5.11. The van der Waals surface area contributed by atoms with Crippen LogP contribution in [0.25, 0.3) is 0 Å². The number of hydrogen-bond donors (Lipinski definition) is 5. The normalized spacial score (nSPS) is 32.8. The van der Waals surface area contributed by atoms with Crippen molar-refractivity contribution in [3.05, 3.63) is 28.8 Å². The second-order valence-electron chi connectivity index (χ2n) is 5.89.